The smallest absolute Gasteiger partial charge is 0.273 e. The molecule has 0 spiro atoms. The Labute approximate surface area is 130 Å². The van der Waals surface area contributed by atoms with Gasteiger partial charge in [0.25, 0.3) is 5.91 Å². The van der Waals surface area contributed by atoms with Crippen LogP contribution in [0.4, 0.5) is 0 Å². The van der Waals surface area contributed by atoms with Crippen LogP contribution in [0.25, 0.3) is 0 Å². The summed E-state index contributed by atoms with van der Waals surface area (Å²) < 4.78 is 0. The zero-order valence-corrected chi connectivity index (χ0v) is 13.3. The molecule has 3 rings (SSSR count). The second kappa shape index (κ2) is 6.85. The Morgan fingerprint density at radius 1 is 1.33 bits per heavy atom. The van der Waals surface area contributed by atoms with Crippen molar-refractivity contribution in [3.05, 3.63) is 16.1 Å². The van der Waals surface area contributed by atoms with E-state index in [1.54, 1.807) is 0 Å². The van der Waals surface area contributed by atoms with Gasteiger partial charge in [0.15, 0.2) is 0 Å². The molecule has 2 fully saturated rings. The summed E-state index contributed by atoms with van der Waals surface area (Å²) in [5.74, 6) is 0.701. The minimum atomic E-state index is 0.0760. The van der Waals surface area contributed by atoms with Crippen LogP contribution in [-0.2, 0) is 6.54 Å². The molecule has 0 saturated carbocycles. The predicted octanol–water partition coefficient (Wildman–Crippen LogP) is 1.55. The van der Waals surface area contributed by atoms with E-state index in [9.17, 15) is 4.79 Å². The number of rotatable bonds is 4. The molecule has 21 heavy (non-hydrogen) atoms. The first-order chi connectivity index (χ1) is 10.3. The molecule has 116 valence electrons. The zero-order chi connectivity index (χ0) is 14.7. The Morgan fingerprint density at radius 3 is 2.86 bits per heavy atom. The summed E-state index contributed by atoms with van der Waals surface area (Å²) in [6.07, 6.45) is 5.15. The fraction of sp³-hybridized carbons (Fsp3) is 0.733. The molecule has 1 amide bonds. The van der Waals surface area contributed by atoms with Crippen LogP contribution in [0.15, 0.2) is 5.38 Å². The van der Waals surface area contributed by atoms with Gasteiger partial charge in [-0.2, -0.15) is 0 Å². The summed E-state index contributed by atoms with van der Waals surface area (Å²) in [7, 11) is 0. The van der Waals surface area contributed by atoms with E-state index in [4.69, 9.17) is 5.73 Å². The van der Waals surface area contributed by atoms with Crippen LogP contribution >= 0.6 is 11.3 Å². The van der Waals surface area contributed by atoms with Crippen molar-refractivity contribution in [1.29, 1.82) is 0 Å². The predicted molar refractivity (Wildman–Crippen MR) is 84.3 cm³/mol. The van der Waals surface area contributed by atoms with Gasteiger partial charge in [-0.05, 0) is 38.3 Å². The van der Waals surface area contributed by atoms with E-state index in [2.05, 4.69) is 9.88 Å². The third kappa shape index (κ3) is 3.62. The number of aromatic nitrogens is 1. The standard InChI is InChI=1S/C15H24N4OS/c16-8-14-17-13(11-21-14)15(20)19-7-4-12(10-19)9-18-5-2-1-3-6-18/h11-12H,1-10,16H2. The number of carbonyl (C=O) groups excluding carboxylic acids is 1. The molecule has 6 heteroatoms. The molecule has 0 aromatic carbocycles. The van der Waals surface area contributed by atoms with Crippen LogP contribution in [0.3, 0.4) is 0 Å². The van der Waals surface area contributed by atoms with E-state index in [0.29, 0.717) is 18.2 Å². The molecule has 2 aliphatic heterocycles. The Balaban J connectivity index is 1.52. The molecule has 1 unspecified atom stereocenters. The quantitative estimate of drug-likeness (QED) is 0.917. The molecule has 0 aliphatic carbocycles. The van der Waals surface area contributed by atoms with Crippen molar-refractivity contribution in [2.45, 2.75) is 32.2 Å². The van der Waals surface area contributed by atoms with Gasteiger partial charge in [-0.1, -0.05) is 6.42 Å². The third-order valence-electron chi connectivity index (χ3n) is 4.48. The van der Waals surface area contributed by atoms with Gasteiger partial charge < -0.3 is 15.5 Å². The lowest BCUT2D eigenvalue weighted by molar-refractivity contribution is 0.0777. The zero-order valence-electron chi connectivity index (χ0n) is 12.5. The third-order valence-corrected chi connectivity index (χ3v) is 5.35. The second-order valence-electron chi connectivity index (χ2n) is 6.10. The van der Waals surface area contributed by atoms with E-state index in [1.807, 2.05) is 10.3 Å². The number of hydrogen-bond donors (Lipinski definition) is 1. The highest BCUT2D eigenvalue weighted by Crippen LogP contribution is 2.22. The summed E-state index contributed by atoms with van der Waals surface area (Å²) in [5, 5.41) is 2.67. The molecular formula is C15H24N4OS. The maximum atomic E-state index is 12.4. The fourth-order valence-corrected chi connectivity index (χ4v) is 3.99. The molecule has 0 radical (unpaired) electrons. The van der Waals surface area contributed by atoms with Gasteiger partial charge >= 0.3 is 0 Å². The molecule has 1 aromatic heterocycles. The molecule has 0 bridgehead atoms. The van der Waals surface area contributed by atoms with E-state index in [1.165, 1.54) is 43.7 Å². The van der Waals surface area contributed by atoms with Crippen molar-refractivity contribution in [3.63, 3.8) is 0 Å². The maximum absolute atomic E-state index is 12.4. The Morgan fingerprint density at radius 2 is 2.14 bits per heavy atom. The first-order valence-corrected chi connectivity index (χ1v) is 8.80. The number of amides is 1. The number of thiazole rings is 1. The van der Waals surface area contributed by atoms with Crippen LogP contribution in [0.5, 0.6) is 0 Å². The van der Waals surface area contributed by atoms with Crippen LogP contribution in [0.1, 0.15) is 41.2 Å². The van der Waals surface area contributed by atoms with Crippen LogP contribution in [-0.4, -0.2) is 53.4 Å². The van der Waals surface area contributed by atoms with E-state index in [0.717, 1.165) is 31.1 Å². The van der Waals surface area contributed by atoms with Crippen molar-refractivity contribution >= 4 is 17.2 Å². The number of carbonyl (C=O) groups is 1. The van der Waals surface area contributed by atoms with E-state index >= 15 is 0 Å². The average Bonchev–Trinajstić information content (AvgIpc) is 3.16. The van der Waals surface area contributed by atoms with Gasteiger partial charge in [0.1, 0.15) is 10.7 Å². The van der Waals surface area contributed by atoms with Gasteiger partial charge in [0, 0.05) is 31.6 Å². The number of nitrogens with two attached hydrogens (primary N) is 1. The Kier molecular flexibility index (Phi) is 4.87. The van der Waals surface area contributed by atoms with Gasteiger partial charge in [-0.25, -0.2) is 4.98 Å². The van der Waals surface area contributed by atoms with E-state index < -0.39 is 0 Å². The van der Waals surface area contributed by atoms with Crippen molar-refractivity contribution in [2.75, 3.05) is 32.7 Å². The molecular weight excluding hydrogens is 284 g/mol. The second-order valence-corrected chi connectivity index (χ2v) is 7.04. The van der Waals surface area contributed by atoms with Crippen molar-refractivity contribution < 1.29 is 4.79 Å². The number of piperidine rings is 1. The highest BCUT2D eigenvalue weighted by Gasteiger charge is 2.29. The lowest BCUT2D eigenvalue weighted by atomic mass is 10.1. The van der Waals surface area contributed by atoms with Crippen LogP contribution in [0, 0.1) is 5.92 Å². The number of nitrogens with zero attached hydrogens (tertiary/aromatic N) is 3. The van der Waals surface area contributed by atoms with Gasteiger partial charge in [0.2, 0.25) is 0 Å². The molecule has 5 nitrogen and oxygen atoms in total. The van der Waals surface area contributed by atoms with Crippen molar-refractivity contribution in [3.8, 4) is 0 Å². The molecule has 2 N–H and O–H groups in total. The normalized spacial score (nSPS) is 23.7. The summed E-state index contributed by atoms with van der Waals surface area (Å²) >= 11 is 1.47. The topological polar surface area (TPSA) is 62.5 Å². The molecule has 1 aromatic rings. The summed E-state index contributed by atoms with van der Waals surface area (Å²) in [5.41, 5.74) is 6.13. The lowest BCUT2D eigenvalue weighted by Crippen LogP contribution is -2.36. The first kappa shape index (κ1) is 14.9. The SMILES string of the molecule is NCc1nc(C(=O)N2CCC(CN3CCCCC3)C2)cs1. The van der Waals surface area contributed by atoms with E-state index in [-0.39, 0.29) is 5.91 Å². The minimum Gasteiger partial charge on any atom is -0.337 e. The monoisotopic (exact) mass is 308 g/mol. The van der Waals surface area contributed by atoms with Crippen LogP contribution < -0.4 is 5.73 Å². The largest absolute Gasteiger partial charge is 0.337 e. The average molecular weight is 308 g/mol. The fourth-order valence-electron chi connectivity index (χ4n) is 3.34. The number of hydrogen-bond acceptors (Lipinski definition) is 5. The lowest BCUT2D eigenvalue weighted by Gasteiger charge is -2.28. The van der Waals surface area contributed by atoms with Gasteiger partial charge in [-0.15, -0.1) is 11.3 Å². The minimum absolute atomic E-state index is 0.0760. The maximum Gasteiger partial charge on any atom is 0.273 e. The first-order valence-electron chi connectivity index (χ1n) is 7.92. The Bertz CT molecular complexity index is 484. The van der Waals surface area contributed by atoms with Crippen LogP contribution in [0.2, 0.25) is 0 Å². The van der Waals surface area contributed by atoms with Crippen molar-refractivity contribution in [2.24, 2.45) is 11.7 Å². The highest BCUT2D eigenvalue weighted by atomic mass is 32.1. The van der Waals surface area contributed by atoms with Gasteiger partial charge in [-0.3, -0.25) is 4.79 Å². The molecule has 2 aliphatic rings. The molecule has 1 atom stereocenters. The molecule has 3 heterocycles. The molecule has 2 saturated heterocycles. The number of likely N-dealkylation sites (tertiary alicyclic amines) is 2. The van der Waals surface area contributed by atoms with Crippen molar-refractivity contribution in [1.82, 2.24) is 14.8 Å². The summed E-state index contributed by atoms with van der Waals surface area (Å²) in [6, 6.07) is 0. The van der Waals surface area contributed by atoms with Gasteiger partial charge in [0.05, 0.1) is 0 Å². The Hall–Kier alpha value is -0.980. The summed E-state index contributed by atoms with van der Waals surface area (Å²) in [4.78, 5) is 21.3. The highest BCUT2D eigenvalue weighted by molar-refractivity contribution is 7.09. The summed E-state index contributed by atoms with van der Waals surface area (Å²) in [6.45, 7) is 5.77.